The van der Waals surface area contributed by atoms with Crippen LogP contribution in [0.15, 0.2) is 36.4 Å². The van der Waals surface area contributed by atoms with Gasteiger partial charge in [-0.25, -0.2) is 4.79 Å². The van der Waals surface area contributed by atoms with E-state index in [4.69, 9.17) is 4.74 Å². The lowest BCUT2D eigenvalue weighted by Gasteiger charge is -2.03. The molecule has 0 aliphatic carbocycles. The first-order chi connectivity index (χ1) is 9.06. The number of benzene rings is 1. The Bertz CT molecular complexity index is 621. The lowest BCUT2D eigenvalue weighted by molar-refractivity contribution is -0.380. The molecule has 0 aliphatic rings. The van der Waals surface area contributed by atoms with Crippen molar-refractivity contribution in [3.63, 3.8) is 0 Å². The molecule has 6 heteroatoms. The van der Waals surface area contributed by atoms with Gasteiger partial charge in [0.2, 0.25) is 0 Å². The van der Waals surface area contributed by atoms with E-state index in [1.807, 2.05) is 31.2 Å². The summed E-state index contributed by atoms with van der Waals surface area (Å²) in [5.41, 5.74) is 1.97. The Kier molecular flexibility index (Phi) is 3.91. The standard InChI is InChI=1S/C13H11NO4S/c1-9-3-2-4-10(7-9)8-18-13(15)11-5-6-12(19-11)14(16)17/h2-7H,8H2,1H3. The highest BCUT2D eigenvalue weighted by Gasteiger charge is 2.16. The molecule has 0 unspecified atom stereocenters. The summed E-state index contributed by atoms with van der Waals surface area (Å²) in [6, 6.07) is 10.3. The van der Waals surface area contributed by atoms with E-state index < -0.39 is 10.9 Å². The van der Waals surface area contributed by atoms with Gasteiger partial charge in [0.1, 0.15) is 11.5 Å². The molecule has 0 radical (unpaired) electrons. The molecule has 1 aromatic heterocycles. The molecule has 0 saturated carbocycles. The fourth-order valence-electron chi connectivity index (χ4n) is 1.56. The number of carbonyl (C=O) groups excluding carboxylic acids is 1. The number of nitrogens with zero attached hydrogens (tertiary/aromatic N) is 1. The van der Waals surface area contributed by atoms with Crippen LogP contribution in [-0.4, -0.2) is 10.9 Å². The van der Waals surface area contributed by atoms with E-state index in [2.05, 4.69) is 0 Å². The van der Waals surface area contributed by atoms with Crippen molar-refractivity contribution in [2.24, 2.45) is 0 Å². The van der Waals surface area contributed by atoms with Gasteiger partial charge in [-0.3, -0.25) is 10.1 Å². The molecular weight excluding hydrogens is 266 g/mol. The number of nitro groups is 1. The van der Waals surface area contributed by atoms with Gasteiger partial charge in [0.25, 0.3) is 0 Å². The fourth-order valence-corrected chi connectivity index (χ4v) is 2.27. The zero-order valence-electron chi connectivity index (χ0n) is 10.2. The molecule has 1 heterocycles. The van der Waals surface area contributed by atoms with E-state index in [0.29, 0.717) is 0 Å². The first kappa shape index (κ1) is 13.2. The minimum Gasteiger partial charge on any atom is -0.457 e. The van der Waals surface area contributed by atoms with Gasteiger partial charge >= 0.3 is 11.0 Å². The van der Waals surface area contributed by atoms with Crippen LogP contribution in [0.25, 0.3) is 0 Å². The number of thiophene rings is 1. The van der Waals surface area contributed by atoms with Crippen molar-refractivity contribution in [3.8, 4) is 0 Å². The molecule has 0 N–H and O–H groups in total. The second-order valence-electron chi connectivity index (χ2n) is 3.96. The molecule has 0 bridgehead atoms. The molecule has 5 nitrogen and oxygen atoms in total. The van der Waals surface area contributed by atoms with E-state index in [1.54, 1.807) is 0 Å². The van der Waals surface area contributed by atoms with Gasteiger partial charge in [-0.05, 0) is 18.6 Å². The molecule has 98 valence electrons. The van der Waals surface area contributed by atoms with Crippen LogP contribution in [-0.2, 0) is 11.3 Å². The highest BCUT2D eigenvalue weighted by Crippen LogP contribution is 2.24. The van der Waals surface area contributed by atoms with E-state index in [0.717, 1.165) is 22.5 Å². The predicted molar refractivity (Wildman–Crippen MR) is 71.3 cm³/mol. The van der Waals surface area contributed by atoms with Crippen LogP contribution in [0.1, 0.15) is 20.8 Å². The summed E-state index contributed by atoms with van der Waals surface area (Å²) in [5.74, 6) is -0.542. The third-order valence-electron chi connectivity index (χ3n) is 2.43. The zero-order chi connectivity index (χ0) is 13.8. The highest BCUT2D eigenvalue weighted by atomic mass is 32.1. The molecule has 0 spiro atoms. The summed E-state index contributed by atoms with van der Waals surface area (Å²) in [5, 5.41) is 10.5. The normalized spacial score (nSPS) is 10.2. The third kappa shape index (κ3) is 3.38. The van der Waals surface area contributed by atoms with Gasteiger partial charge in [-0.2, -0.15) is 0 Å². The monoisotopic (exact) mass is 277 g/mol. The molecule has 0 aliphatic heterocycles. The first-order valence-corrected chi connectivity index (χ1v) is 6.35. The van der Waals surface area contributed by atoms with Crippen molar-refractivity contribution in [1.82, 2.24) is 0 Å². The van der Waals surface area contributed by atoms with Crippen molar-refractivity contribution < 1.29 is 14.5 Å². The Morgan fingerprint density at radius 2 is 2.16 bits per heavy atom. The lowest BCUT2D eigenvalue weighted by Crippen LogP contribution is -2.03. The van der Waals surface area contributed by atoms with Crippen LogP contribution in [0.5, 0.6) is 0 Å². The zero-order valence-corrected chi connectivity index (χ0v) is 11.0. The Morgan fingerprint density at radius 1 is 1.37 bits per heavy atom. The molecule has 19 heavy (non-hydrogen) atoms. The number of rotatable bonds is 4. The maximum atomic E-state index is 11.7. The molecule has 1 aromatic carbocycles. The van der Waals surface area contributed by atoms with E-state index in [9.17, 15) is 14.9 Å². The van der Waals surface area contributed by atoms with Crippen LogP contribution < -0.4 is 0 Å². The Balaban J connectivity index is 1.99. The molecular formula is C13H11NO4S. The van der Waals surface area contributed by atoms with Gasteiger partial charge in [-0.1, -0.05) is 41.2 Å². The Morgan fingerprint density at radius 3 is 2.79 bits per heavy atom. The minimum atomic E-state index is -0.542. The summed E-state index contributed by atoms with van der Waals surface area (Å²) in [7, 11) is 0. The number of hydrogen-bond acceptors (Lipinski definition) is 5. The maximum absolute atomic E-state index is 11.7. The second kappa shape index (κ2) is 5.62. The van der Waals surface area contributed by atoms with Gasteiger partial charge < -0.3 is 4.74 Å². The average Bonchev–Trinajstić information content (AvgIpc) is 2.86. The number of esters is 1. The van der Waals surface area contributed by atoms with Crippen molar-refractivity contribution in [2.45, 2.75) is 13.5 Å². The van der Waals surface area contributed by atoms with E-state index in [1.165, 1.54) is 12.1 Å². The van der Waals surface area contributed by atoms with Gasteiger partial charge in [-0.15, -0.1) is 0 Å². The molecule has 0 atom stereocenters. The van der Waals surface area contributed by atoms with Crippen molar-refractivity contribution in [2.75, 3.05) is 0 Å². The molecule has 2 rings (SSSR count). The minimum absolute atomic E-state index is 0.0671. The van der Waals surface area contributed by atoms with Crippen LogP contribution in [0.4, 0.5) is 5.00 Å². The van der Waals surface area contributed by atoms with Crippen molar-refractivity contribution >= 4 is 22.3 Å². The third-order valence-corrected chi connectivity index (χ3v) is 3.44. The smallest absolute Gasteiger partial charge is 0.348 e. The second-order valence-corrected chi connectivity index (χ2v) is 5.02. The highest BCUT2D eigenvalue weighted by molar-refractivity contribution is 7.17. The molecule has 2 aromatic rings. The summed E-state index contributed by atoms with van der Waals surface area (Å²) >= 11 is 0.814. The van der Waals surface area contributed by atoms with E-state index in [-0.39, 0.29) is 16.5 Å². The number of aryl methyl sites for hydroxylation is 1. The predicted octanol–water partition coefficient (Wildman–Crippen LogP) is 3.32. The maximum Gasteiger partial charge on any atom is 0.348 e. The van der Waals surface area contributed by atoms with Crippen LogP contribution in [0.2, 0.25) is 0 Å². The topological polar surface area (TPSA) is 69.4 Å². The van der Waals surface area contributed by atoms with Gasteiger partial charge in [0.05, 0.1) is 4.92 Å². The molecule has 0 fully saturated rings. The Hall–Kier alpha value is -2.21. The average molecular weight is 277 g/mol. The van der Waals surface area contributed by atoms with Crippen LogP contribution in [0, 0.1) is 17.0 Å². The number of carbonyl (C=O) groups is 1. The SMILES string of the molecule is Cc1cccc(COC(=O)c2ccc([N+](=O)[O-])s2)c1. The fraction of sp³-hybridized carbons (Fsp3) is 0.154. The molecule has 0 saturated heterocycles. The van der Waals surface area contributed by atoms with Gasteiger partial charge in [0.15, 0.2) is 0 Å². The largest absolute Gasteiger partial charge is 0.457 e. The lowest BCUT2D eigenvalue weighted by atomic mass is 10.1. The van der Waals surface area contributed by atoms with Crippen molar-refractivity contribution in [1.29, 1.82) is 0 Å². The van der Waals surface area contributed by atoms with E-state index >= 15 is 0 Å². The summed E-state index contributed by atoms with van der Waals surface area (Å²) < 4.78 is 5.11. The summed E-state index contributed by atoms with van der Waals surface area (Å²) in [4.78, 5) is 21.9. The number of hydrogen-bond donors (Lipinski definition) is 0. The van der Waals surface area contributed by atoms with Crippen LogP contribution in [0.3, 0.4) is 0 Å². The Labute approximate surface area is 113 Å². The van der Waals surface area contributed by atoms with Crippen molar-refractivity contribution in [3.05, 3.63) is 62.5 Å². The number of ether oxygens (including phenoxy) is 1. The summed E-state index contributed by atoms with van der Waals surface area (Å²) in [6.07, 6.45) is 0. The van der Waals surface area contributed by atoms with Crippen LogP contribution >= 0.6 is 11.3 Å². The molecule has 0 amide bonds. The first-order valence-electron chi connectivity index (χ1n) is 5.53. The van der Waals surface area contributed by atoms with Gasteiger partial charge in [0, 0.05) is 6.07 Å². The quantitative estimate of drug-likeness (QED) is 0.488. The summed E-state index contributed by atoms with van der Waals surface area (Å²) in [6.45, 7) is 2.11.